The molecular formula is C16H29N3O. The average Bonchev–Trinajstić information content (AvgIpc) is 2.80. The quantitative estimate of drug-likeness (QED) is 0.777. The van der Waals surface area contributed by atoms with Crippen molar-refractivity contribution in [1.82, 2.24) is 9.55 Å². The Balaban J connectivity index is 1.88. The Morgan fingerprint density at radius 3 is 2.65 bits per heavy atom. The van der Waals surface area contributed by atoms with Gasteiger partial charge in [-0.1, -0.05) is 26.2 Å². The summed E-state index contributed by atoms with van der Waals surface area (Å²) in [5.41, 5.74) is 1.09. The van der Waals surface area contributed by atoms with Crippen LogP contribution in [0.3, 0.4) is 0 Å². The largest absolute Gasteiger partial charge is 0.383 e. The van der Waals surface area contributed by atoms with Crippen LogP contribution in [0.1, 0.15) is 44.7 Å². The standard InChI is InChI=1S/C16H29N3O/c1-4-14-5-7-15(8-6-14)12-19-11-13(2)18-16(19)17-9-10-20-3/h11,14-15H,4-10,12H2,1-3H3,(H,17,18). The van der Waals surface area contributed by atoms with Gasteiger partial charge < -0.3 is 14.6 Å². The second kappa shape index (κ2) is 7.67. The van der Waals surface area contributed by atoms with E-state index in [0.29, 0.717) is 6.61 Å². The zero-order chi connectivity index (χ0) is 14.4. The smallest absolute Gasteiger partial charge is 0.203 e. The van der Waals surface area contributed by atoms with Crippen molar-refractivity contribution in [2.24, 2.45) is 11.8 Å². The molecule has 0 aliphatic heterocycles. The average molecular weight is 279 g/mol. The number of hydrogen-bond acceptors (Lipinski definition) is 3. The van der Waals surface area contributed by atoms with E-state index in [2.05, 4.69) is 34.9 Å². The molecule has 1 aliphatic carbocycles. The molecule has 1 aromatic rings. The summed E-state index contributed by atoms with van der Waals surface area (Å²) in [6.45, 7) is 7.02. The molecule has 1 aliphatic rings. The molecule has 4 nitrogen and oxygen atoms in total. The SMILES string of the molecule is CCC1CCC(Cn2cc(C)nc2NCCOC)CC1. The summed E-state index contributed by atoms with van der Waals surface area (Å²) in [6, 6.07) is 0. The Kier molecular flexibility index (Phi) is 5.89. The van der Waals surface area contributed by atoms with Gasteiger partial charge in [0.2, 0.25) is 5.95 Å². The highest BCUT2D eigenvalue weighted by atomic mass is 16.5. The van der Waals surface area contributed by atoms with Gasteiger partial charge in [0, 0.05) is 26.4 Å². The minimum atomic E-state index is 0.716. The van der Waals surface area contributed by atoms with Crippen molar-refractivity contribution in [2.75, 3.05) is 25.6 Å². The van der Waals surface area contributed by atoms with E-state index in [1.54, 1.807) is 7.11 Å². The third-order valence-electron chi connectivity index (χ3n) is 4.48. The molecular weight excluding hydrogens is 250 g/mol. The second-order valence-corrected chi connectivity index (χ2v) is 6.07. The van der Waals surface area contributed by atoms with Gasteiger partial charge in [-0.2, -0.15) is 0 Å². The molecule has 4 heteroatoms. The van der Waals surface area contributed by atoms with Gasteiger partial charge in [0.25, 0.3) is 0 Å². The summed E-state index contributed by atoms with van der Waals surface area (Å²) in [5.74, 6) is 2.78. The molecule has 0 bridgehead atoms. The molecule has 0 amide bonds. The number of methoxy groups -OCH3 is 1. The van der Waals surface area contributed by atoms with Gasteiger partial charge in [0.05, 0.1) is 12.3 Å². The minimum Gasteiger partial charge on any atom is -0.383 e. The summed E-state index contributed by atoms with van der Waals surface area (Å²) in [4.78, 5) is 4.58. The number of anilines is 1. The minimum absolute atomic E-state index is 0.716. The molecule has 1 fully saturated rings. The summed E-state index contributed by atoms with van der Waals surface area (Å²) in [5, 5.41) is 3.37. The lowest BCUT2D eigenvalue weighted by Crippen LogP contribution is -2.20. The lowest BCUT2D eigenvalue weighted by molar-refractivity contribution is 0.210. The molecule has 20 heavy (non-hydrogen) atoms. The van der Waals surface area contributed by atoms with E-state index >= 15 is 0 Å². The van der Waals surface area contributed by atoms with Crippen molar-refractivity contribution in [3.8, 4) is 0 Å². The predicted octanol–water partition coefficient (Wildman–Crippen LogP) is 3.47. The fourth-order valence-corrected chi connectivity index (χ4v) is 3.19. The second-order valence-electron chi connectivity index (χ2n) is 6.07. The number of rotatable bonds is 7. The summed E-state index contributed by atoms with van der Waals surface area (Å²) in [6.07, 6.45) is 9.06. The number of nitrogens with zero attached hydrogens (tertiary/aromatic N) is 2. The number of nitrogens with one attached hydrogen (secondary N) is 1. The van der Waals surface area contributed by atoms with Crippen molar-refractivity contribution in [1.29, 1.82) is 0 Å². The maximum absolute atomic E-state index is 5.08. The first-order valence-electron chi connectivity index (χ1n) is 7.99. The molecule has 1 heterocycles. The van der Waals surface area contributed by atoms with Crippen molar-refractivity contribution in [2.45, 2.75) is 52.5 Å². The lowest BCUT2D eigenvalue weighted by Gasteiger charge is -2.28. The van der Waals surface area contributed by atoms with E-state index in [9.17, 15) is 0 Å². The molecule has 1 aromatic heterocycles. The van der Waals surface area contributed by atoms with Crippen LogP contribution in [0.2, 0.25) is 0 Å². The van der Waals surface area contributed by atoms with Crippen molar-refractivity contribution in [3.63, 3.8) is 0 Å². The number of ether oxygens (including phenoxy) is 1. The monoisotopic (exact) mass is 279 g/mol. The van der Waals surface area contributed by atoms with Crippen LogP contribution in [-0.4, -0.2) is 29.8 Å². The summed E-state index contributed by atoms with van der Waals surface area (Å²) in [7, 11) is 1.73. The highest BCUT2D eigenvalue weighted by molar-refractivity contribution is 5.28. The molecule has 0 aromatic carbocycles. The zero-order valence-electron chi connectivity index (χ0n) is 13.2. The van der Waals surface area contributed by atoms with E-state index in [0.717, 1.165) is 36.6 Å². The molecule has 1 N–H and O–H groups in total. The van der Waals surface area contributed by atoms with E-state index in [-0.39, 0.29) is 0 Å². The van der Waals surface area contributed by atoms with Gasteiger partial charge in [-0.3, -0.25) is 0 Å². The Hall–Kier alpha value is -1.03. The molecule has 2 rings (SSSR count). The Morgan fingerprint density at radius 2 is 2.00 bits per heavy atom. The van der Waals surface area contributed by atoms with Gasteiger partial charge in [-0.15, -0.1) is 0 Å². The molecule has 0 saturated heterocycles. The van der Waals surface area contributed by atoms with Crippen LogP contribution in [0.15, 0.2) is 6.20 Å². The summed E-state index contributed by atoms with van der Waals surface area (Å²) < 4.78 is 7.38. The number of imidazole rings is 1. The third kappa shape index (κ3) is 4.23. The molecule has 0 unspecified atom stereocenters. The van der Waals surface area contributed by atoms with E-state index < -0.39 is 0 Å². The molecule has 0 spiro atoms. The number of aryl methyl sites for hydroxylation is 1. The molecule has 114 valence electrons. The Labute approximate surface area is 122 Å². The maximum atomic E-state index is 5.08. The van der Waals surface area contributed by atoms with Gasteiger partial charge in [-0.05, 0) is 31.6 Å². The highest BCUT2D eigenvalue weighted by Gasteiger charge is 2.21. The van der Waals surface area contributed by atoms with Crippen LogP contribution in [0.25, 0.3) is 0 Å². The van der Waals surface area contributed by atoms with Gasteiger partial charge >= 0.3 is 0 Å². The van der Waals surface area contributed by atoms with Crippen molar-refractivity contribution in [3.05, 3.63) is 11.9 Å². The van der Waals surface area contributed by atoms with Crippen LogP contribution >= 0.6 is 0 Å². The van der Waals surface area contributed by atoms with Crippen LogP contribution in [0, 0.1) is 18.8 Å². The summed E-state index contributed by atoms with van der Waals surface area (Å²) >= 11 is 0. The highest BCUT2D eigenvalue weighted by Crippen LogP contribution is 2.32. The van der Waals surface area contributed by atoms with Crippen LogP contribution in [-0.2, 0) is 11.3 Å². The predicted molar refractivity (Wildman–Crippen MR) is 83.1 cm³/mol. The first kappa shape index (κ1) is 15.4. The molecule has 0 atom stereocenters. The fraction of sp³-hybridized carbons (Fsp3) is 0.812. The van der Waals surface area contributed by atoms with Crippen LogP contribution in [0.5, 0.6) is 0 Å². The van der Waals surface area contributed by atoms with Crippen molar-refractivity contribution >= 4 is 5.95 Å². The molecule has 0 radical (unpaired) electrons. The third-order valence-corrected chi connectivity index (χ3v) is 4.48. The van der Waals surface area contributed by atoms with Crippen LogP contribution in [0.4, 0.5) is 5.95 Å². The first-order chi connectivity index (χ1) is 9.72. The van der Waals surface area contributed by atoms with Crippen LogP contribution < -0.4 is 5.32 Å². The van der Waals surface area contributed by atoms with Gasteiger partial charge in [0.15, 0.2) is 0 Å². The topological polar surface area (TPSA) is 39.1 Å². The van der Waals surface area contributed by atoms with E-state index in [4.69, 9.17) is 4.74 Å². The lowest BCUT2D eigenvalue weighted by atomic mass is 9.81. The van der Waals surface area contributed by atoms with Gasteiger partial charge in [0.1, 0.15) is 0 Å². The first-order valence-corrected chi connectivity index (χ1v) is 7.99. The van der Waals surface area contributed by atoms with E-state index in [1.165, 1.54) is 32.1 Å². The Morgan fingerprint density at radius 1 is 1.30 bits per heavy atom. The number of hydrogen-bond donors (Lipinski definition) is 1. The number of aromatic nitrogens is 2. The maximum Gasteiger partial charge on any atom is 0.203 e. The van der Waals surface area contributed by atoms with Gasteiger partial charge in [-0.25, -0.2) is 4.98 Å². The Bertz CT molecular complexity index is 394. The van der Waals surface area contributed by atoms with Crippen molar-refractivity contribution < 1.29 is 4.74 Å². The fourth-order valence-electron chi connectivity index (χ4n) is 3.19. The van der Waals surface area contributed by atoms with E-state index in [1.807, 2.05) is 0 Å². The normalized spacial score (nSPS) is 22.9. The molecule has 1 saturated carbocycles. The zero-order valence-corrected chi connectivity index (χ0v) is 13.2.